The molecule has 0 aromatic heterocycles. The molecule has 0 radical (unpaired) electrons. The van der Waals surface area contributed by atoms with Crippen LogP contribution in [0.5, 0.6) is 5.75 Å². The fourth-order valence-corrected chi connectivity index (χ4v) is 2.40. The molecule has 0 aliphatic rings. The number of hydrogen-bond acceptors (Lipinski definition) is 2. The Morgan fingerprint density at radius 3 is 2.70 bits per heavy atom. The monoisotopic (exact) mass is 293 g/mol. The van der Waals surface area contributed by atoms with E-state index in [2.05, 4.69) is 0 Å². The minimum atomic E-state index is -0.442. The van der Waals surface area contributed by atoms with Crippen LogP contribution in [0.1, 0.15) is 22.7 Å². The molecule has 0 aliphatic heterocycles. The van der Waals surface area contributed by atoms with Gasteiger partial charge in [-0.25, -0.2) is 4.39 Å². The molecule has 2 aromatic rings. The van der Waals surface area contributed by atoms with E-state index in [0.29, 0.717) is 22.8 Å². The number of ether oxygens (including phenoxy) is 1. The summed E-state index contributed by atoms with van der Waals surface area (Å²) in [6, 6.07) is 9.85. The molecular weight excluding hydrogens is 277 g/mol. The summed E-state index contributed by atoms with van der Waals surface area (Å²) in [7, 11) is 1.59. The molecule has 2 N–H and O–H groups in total. The molecule has 0 bridgehead atoms. The summed E-state index contributed by atoms with van der Waals surface area (Å²) in [4.78, 5) is 0. The minimum Gasteiger partial charge on any atom is -0.496 e. The third-order valence-electron chi connectivity index (χ3n) is 3.23. The van der Waals surface area contributed by atoms with Crippen molar-refractivity contribution < 1.29 is 9.13 Å². The highest BCUT2D eigenvalue weighted by Crippen LogP contribution is 2.28. The molecule has 1 atom stereocenters. The van der Waals surface area contributed by atoms with E-state index in [9.17, 15) is 4.39 Å². The summed E-state index contributed by atoms with van der Waals surface area (Å²) >= 11 is 5.99. The number of halogens is 2. The van der Waals surface area contributed by atoms with Crippen molar-refractivity contribution in [3.63, 3.8) is 0 Å². The predicted molar refractivity (Wildman–Crippen MR) is 79.8 cm³/mol. The number of nitrogens with two attached hydrogens (primary N) is 1. The Kier molecular flexibility index (Phi) is 4.63. The molecule has 0 fully saturated rings. The molecule has 2 aromatic carbocycles. The van der Waals surface area contributed by atoms with Crippen LogP contribution in [0.15, 0.2) is 36.4 Å². The van der Waals surface area contributed by atoms with E-state index in [1.165, 1.54) is 6.07 Å². The first-order valence-corrected chi connectivity index (χ1v) is 6.73. The highest BCUT2D eigenvalue weighted by molar-refractivity contribution is 6.30. The van der Waals surface area contributed by atoms with Gasteiger partial charge in [0.25, 0.3) is 0 Å². The minimum absolute atomic E-state index is 0.288. The lowest BCUT2D eigenvalue weighted by molar-refractivity contribution is 0.408. The lowest BCUT2D eigenvalue weighted by Crippen LogP contribution is -2.15. The summed E-state index contributed by atoms with van der Waals surface area (Å²) in [6.45, 7) is 1.91. The third-order valence-corrected chi connectivity index (χ3v) is 3.47. The van der Waals surface area contributed by atoms with E-state index in [1.807, 2.05) is 6.92 Å². The van der Waals surface area contributed by atoms with Crippen molar-refractivity contribution in [2.24, 2.45) is 5.73 Å². The molecule has 2 rings (SSSR count). The van der Waals surface area contributed by atoms with Gasteiger partial charge in [-0.3, -0.25) is 0 Å². The van der Waals surface area contributed by atoms with Crippen LogP contribution in [0, 0.1) is 12.7 Å². The zero-order valence-corrected chi connectivity index (χ0v) is 12.2. The number of methoxy groups -OCH3 is 1. The van der Waals surface area contributed by atoms with Crippen LogP contribution in [-0.4, -0.2) is 7.11 Å². The molecule has 0 aliphatic carbocycles. The standard InChI is InChI=1S/C16H17ClFNO/c1-10-3-5-14(18)13(7-10)15(19)9-11-8-12(17)4-6-16(11)20-2/h3-8,15H,9,19H2,1-2H3. The lowest BCUT2D eigenvalue weighted by Gasteiger charge is -2.16. The van der Waals surface area contributed by atoms with Crippen LogP contribution < -0.4 is 10.5 Å². The number of aryl methyl sites for hydroxylation is 1. The predicted octanol–water partition coefficient (Wildman–Crippen LogP) is 4.04. The van der Waals surface area contributed by atoms with Crippen LogP contribution in [0.25, 0.3) is 0 Å². The van der Waals surface area contributed by atoms with Crippen molar-refractivity contribution >= 4 is 11.6 Å². The Balaban J connectivity index is 2.29. The van der Waals surface area contributed by atoms with Crippen LogP contribution in [0.3, 0.4) is 0 Å². The quantitative estimate of drug-likeness (QED) is 0.923. The van der Waals surface area contributed by atoms with E-state index in [4.69, 9.17) is 22.1 Å². The molecule has 0 spiro atoms. The van der Waals surface area contributed by atoms with Crippen molar-refractivity contribution in [2.45, 2.75) is 19.4 Å². The molecule has 1 unspecified atom stereocenters. The zero-order chi connectivity index (χ0) is 14.7. The second-order valence-corrected chi connectivity index (χ2v) is 5.23. The second kappa shape index (κ2) is 6.25. The van der Waals surface area contributed by atoms with Crippen molar-refractivity contribution in [3.05, 3.63) is 63.9 Å². The lowest BCUT2D eigenvalue weighted by atomic mass is 9.97. The van der Waals surface area contributed by atoms with Gasteiger partial charge >= 0.3 is 0 Å². The van der Waals surface area contributed by atoms with Crippen molar-refractivity contribution in [1.29, 1.82) is 0 Å². The van der Waals surface area contributed by atoms with E-state index in [0.717, 1.165) is 11.1 Å². The van der Waals surface area contributed by atoms with E-state index >= 15 is 0 Å². The maximum atomic E-state index is 13.8. The Bertz CT molecular complexity index is 615. The maximum absolute atomic E-state index is 13.8. The molecule has 20 heavy (non-hydrogen) atoms. The van der Waals surface area contributed by atoms with Gasteiger partial charge in [0, 0.05) is 16.6 Å². The summed E-state index contributed by atoms with van der Waals surface area (Å²) in [6.07, 6.45) is 0.462. The van der Waals surface area contributed by atoms with Gasteiger partial charge in [-0.05, 0) is 43.2 Å². The molecule has 0 heterocycles. The van der Waals surface area contributed by atoms with Gasteiger partial charge < -0.3 is 10.5 Å². The highest BCUT2D eigenvalue weighted by Gasteiger charge is 2.15. The van der Waals surface area contributed by atoms with E-state index in [1.54, 1.807) is 37.4 Å². The Morgan fingerprint density at radius 1 is 1.25 bits per heavy atom. The molecule has 2 nitrogen and oxygen atoms in total. The first-order valence-electron chi connectivity index (χ1n) is 6.35. The fraction of sp³-hybridized carbons (Fsp3) is 0.250. The Labute approximate surface area is 123 Å². The fourth-order valence-electron chi connectivity index (χ4n) is 2.20. The first-order chi connectivity index (χ1) is 9.51. The average Bonchev–Trinajstić information content (AvgIpc) is 2.41. The summed E-state index contributed by atoms with van der Waals surface area (Å²) in [5.74, 6) is 0.419. The molecule has 106 valence electrons. The average molecular weight is 294 g/mol. The van der Waals surface area contributed by atoms with Gasteiger partial charge in [-0.15, -0.1) is 0 Å². The number of rotatable bonds is 4. The van der Waals surface area contributed by atoms with Gasteiger partial charge in [-0.1, -0.05) is 29.3 Å². The van der Waals surface area contributed by atoms with E-state index in [-0.39, 0.29) is 5.82 Å². The molecule has 4 heteroatoms. The topological polar surface area (TPSA) is 35.2 Å². The largest absolute Gasteiger partial charge is 0.496 e. The smallest absolute Gasteiger partial charge is 0.128 e. The van der Waals surface area contributed by atoms with Crippen LogP contribution in [0.2, 0.25) is 5.02 Å². The maximum Gasteiger partial charge on any atom is 0.128 e. The van der Waals surface area contributed by atoms with Crippen LogP contribution >= 0.6 is 11.6 Å². The summed E-state index contributed by atoms with van der Waals surface area (Å²) in [5, 5.41) is 0.609. The Hall–Kier alpha value is -1.58. The van der Waals surface area contributed by atoms with Crippen molar-refractivity contribution in [1.82, 2.24) is 0 Å². The highest BCUT2D eigenvalue weighted by atomic mass is 35.5. The number of hydrogen-bond donors (Lipinski definition) is 1. The van der Waals surface area contributed by atoms with Gasteiger partial charge in [0.1, 0.15) is 11.6 Å². The van der Waals surface area contributed by atoms with Crippen LogP contribution in [-0.2, 0) is 6.42 Å². The zero-order valence-electron chi connectivity index (χ0n) is 11.5. The summed E-state index contributed by atoms with van der Waals surface area (Å²) < 4.78 is 19.1. The van der Waals surface area contributed by atoms with Gasteiger partial charge in [0.05, 0.1) is 7.11 Å². The SMILES string of the molecule is COc1ccc(Cl)cc1CC(N)c1cc(C)ccc1F. The second-order valence-electron chi connectivity index (χ2n) is 4.79. The third kappa shape index (κ3) is 3.30. The van der Waals surface area contributed by atoms with Gasteiger partial charge in [0.15, 0.2) is 0 Å². The van der Waals surface area contributed by atoms with Gasteiger partial charge in [0.2, 0.25) is 0 Å². The first kappa shape index (κ1) is 14.8. The molecular formula is C16H17ClFNO. The molecule has 0 amide bonds. The van der Waals surface area contributed by atoms with Crippen molar-refractivity contribution in [2.75, 3.05) is 7.11 Å². The summed E-state index contributed by atoms with van der Waals surface area (Å²) in [5.41, 5.74) is 8.49. The molecule has 0 saturated heterocycles. The number of benzene rings is 2. The van der Waals surface area contributed by atoms with Gasteiger partial charge in [-0.2, -0.15) is 0 Å². The Morgan fingerprint density at radius 2 is 2.00 bits per heavy atom. The van der Waals surface area contributed by atoms with E-state index < -0.39 is 6.04 Å². The molecule has 0 saturated carbocycles. The normalized spacial score (nSPS) is 12.2. The van der Waals surface area contributed by atoms with Crippen LogP contribution in [0.4, 0.5) is 4.39 Å². The van der Waals surface area contributed by atoms with Crippen molar-refractivity contribution in [3.8, 4) is 5.75 Å².